The third-order valence-corrected chi connectivity index (χ3v) is 5.21. The van der Waals surface area contributed by atoms with Crippen LogP contribution in [0.3, 0.4) is 0 Å². The summed E-state index contributed by atoms with van der Waals surface area (Å²) in [5, 5.41) is 1.89. The van der Waals surface area contributed by atoms with Crippen LogP contribution in [-0.2, 0) is 11.3 Å². The van der Waals surface area contributed by atoms with Crippen molar-refractivity contribution in [3.05, 3.63) is 59.4 Å². The molecule has 0 fully saturated rings. The van der Waals surface area contributed by atoms with Crippen LogP contribution in [0.25, 0.3) is 21.8 Å². The molecular weight excluding hydrogens is 396 g/mol. The van der Waals surface area contributed by atoms with E-state index in [9.17, 15) is 4.79 Å². The minimum absolute atomic E-state index is 0.304. The smallest absolute Gasteiger partial charge is 0.357 e. The van der Waals surface area contributed by atoms with E-state index in [1.165, 1.54) is 0 Å². The number of benzene rings is 2. The number of aromatic amines is 1. The SMILES string of the molecule is CCOC(=O)c1ncc2[nH]c3ccc(OCc4ccc(OC)cc4OC)cc3c2c1C. The third-order valence-electron chi connectivity index (χ3n) is 5.21. The first-order valence-electron chi connectivity index (χ1n) is 9.97. The molecule has 0 unspecified atom stereocenters. The van der Waals surface area contributed by atoms with E-state index in [1.807, 2.05) is 43.3 Å². The molecule has 0 atom stereocenters. The summed E-state index contributed by atoms with van der Waals surface area (Å²) < 4.78 is 21.9. The molecule has 2 heterocycles. The summed E-state index contributed by atoms with van der Waals surface area (Å²) in [7, 11) is 3.24. The van der Waals surface area contributed by atoms with Crippen LogP contribution in [-0.4, -0.2) is 36.8 Å². The van der Waals surface area contributed by atoms with Gasteiger partial charge in [-0.3, -0.25) is 0 Å². The van der Waals surface area contributed by atoms with E-state index in [0.717, 1.165) is 38.7 Å². The highest BCUT2D eigenvalue weighted by molar-refractivity contribution is 6.11. The highest BCUT2D eigenvalue weighted by Crippen LogP contribution is 2.32. The van der Waals surface area contributed by atoms with Crippen LogP contribution in [0.2, 0.25) is 0 Å². The number of fused-ring (bicyclic) bond motifs is 3. The molecule has 2 aromatic carbocycles. The third kappa shape index (κ3) is 3.86. The molecule has 0 aliphatic heterocycles. The highest BCUT2D eigenvalue weighted by atomic mass is 16.5. The van der Waals surface area contributed by atoms with Gasteiger partial charge in [0.15, 0.2) is 5.69 Å². The zero-order valence-electron chi connectivity index (χ0n) is 17.9. The quantitative estimate of drug-likeness (QED) is 0.433. The second-order valence-electron chi connectivity index (χ2n) is 7.04. The maximum Gasteiger partial charge on any atom is 0.357 e. The molecule has 0 spiro atoms. The number of aryl methyl sites for hydroxylation is 1. The summed E-state index contributed by atoms with van der Waals surface area (Å²) in [5.74, 6) is 1.71. The van der Waals surface area contributed by atoms with Gasteiger partial charge >= 0.3 is 5.97 Å². The van der Waals surface area contributed by atoms with E-state index >= 15 is 0 Å². The fourth-order valence-electron chi connectivity index (χ4n) is 3.66. The number of ether oxygens (including phenoxy) is 4. The molecule has 1 N–H and O–H groups in total. The maximum atomic E-state index is 12.3. The predicted octanol–water partition coefficient (Wildman–Crippen LogP) is 4.80. The lowest BCUT2D eigenvalue weighted by atomic mass is 10.1. The molecule has 2 aromatic heterocycles. The zero-order chi connectivity index (χ0) is 22.0. The van der Waals surface area contributed by atoms with Gasteiger partial charge in [0, 0.05) is 27.9 Å². The molecule has 0 bridgehead atoms. The number of aromatic nitrogens is 2. The second kappa shape index (κ2) is 8.55. The Morgan fingerprint density at radius 2 is 1.84 bits per heavy atom. The Balaban J connectivity index is 1.68. The fraction of sp³-hybridized carbons (Fsp3) is 0.250. The lowest BCUT2D eigenvalue weighted by molar-refractivity contribution is 0.0519. The molecule has 4 aromatic rings. The fourth-order valence-corrected chi connectivity index (χ4v) is 3.66. The first-order chi connectivity index (χ1) is 15.0. The number of H-pyrrole nitrogens is 1. The van der Waals surface area contributed by atoms with Crippen LogP contribution in [0.5, 0.6) is 17.2 Å². The highest BCUT2D eigenvalue weighted by Gasteiger charge is 2.17. The van der Waals surface area contributed by atoms with Crippen LogP contribution in [0.1, 0.15) is 28.5 Å². The first-order valence-corrected chi connectivity index (χ1v) is 9.97. The summed E-state index contributed by atoms with van der Waals surface area (Å²) in [4.78, 5) is 19.9. The predicted molar refractivity (Wildman–Crippen MR) is 118 cm³/mol. The van der Waals surface area contributed by atoms with Crippen molar-refractivity contribution in [2.75, 3.05) is 20.8 Å². The molecule has 0 saturated heterocycles. The summed E-state index contributed by atoms with van der Waals surface area (Å²) in [6, 6.07) is 11.4. The first kappa shape index (κ1) is 20.5. The molecule has 7 nitrogen and oxygen atoms in total. The van der Waals surface area contributed by atoms with Crippen molar-refractivity contribution in [3.63, 3.8) is 0 Å². The van der Waals surface area contributed by atoms with Crippen LogP contribution in [0.15, 0.2) is 42.6 Å². The molecule has 0 saturated carbocycles. The monoisotopic (exact) mass is 420 g/mol. The van der Waals surface area contributed by atoms with Gasteiger partial charge in [0.2, 0.25) is 0 Å². The molecule has 0 amide bonds. The summed E-state index contributed by atoms with van der Waals surface area (Å²) in [6.07, 6.45) is 1.66. The summed E-state index contributed by atoms with van der Waals surface area (Å²) in [6.45, 7) is 4.30. The van der Waals surface area contributed by atoms with Crippen LogP contribution in [0, 0.1) is 6.92 Å². The Kier molecular flexibility index (Phi) is 5.66. The number of hydrogen-bond donors (Lipinski definition) is 1. The number of nitrogens with zero attached hydrogens (tertiary/aromatic N) is 1. The van der Waals surface area contributed by atoms with Crippen molar-refractivity contribution in [1.82, 2.24) is 9.97 Å². The Morgan fingerprint density at radius 1 is 1.03 bits per heavy atom. The average Bonchev–Trinajstić information content (AvgIpc) is 3.16. The number of carbonyl (C=O) groups is 1. The van der Waals surface area contributed by atoms with E-state index in [2.05, 4.69) is 9.97 Å². The Bertz CT molecular complexity index is 1260. The lowest BCUT2D eigenvalue weighted by Gasteiger charge is -2.12. The van der Waals surface area contributed by atoms with E-state index < -0.39 is 5.97 Å². The number of nitrogens with one attached hydrogen (secondary N) is 1. The van der Waals surface area contributed by atoms with Crippen LogP contribution >= 0.6 is 0 Å². The van der Waals surface area contributed by atoms with Crippen molar-refractivity contribution in [1.29, 1.82) is 0 Å². The van der Waals surface area contributed by atoms with Gasteiger partial charge in [-0.1, -0.05) is 0 Å². The average molecular weight is 420 g/mol. The van der Waals surface area contributed by atoms with Crippen LogP contribution in [0.4, 0.5) is 0 Å². The van der Waals surface area contributed by atoms with Gasteiger partial charge in [0.05, 0.1) is 32.5 Å². The summed E-state index contributed by atoms with van der Waals surface area (Å²) in [5.41, 5.74) is 3.80. The zero-order valence-corrected chi connectivity index (χ0v) is 17.9. The maximum absolute atomic E-state index is 12.3. The molecule has 0 radical (unpaired) electrons. The van der Waals surface area contributed by atoms with Gasteiger partial charge in [0.1, 0.15) is 23.9 Å². The molecule has 0 aliphatic rings. The number of esters is 1. The van der Waals surface area contributed by atoms with Crippen molar-refractivity contribution < 1.29 is 23.7 Å². The van der Waals surface area contributed by atoms with Gasteiger partial charge in [0.25, 0.3) is 0 Å². The minimum atomic E-state index is -0.421. The van der Waals surface area contributed by atoms with E-state index in [-0.39, 0.29) is 0 Å². The van der Waals surface area contributed by atoms with Gasteiger partial charge in [-0.05, 0) is 49.7 Å². The van der Waals surface area contributed by atoms with Gasteiger partial charge in [-0.25, -0.2) is 9.78 Å². The lowest BCUT2D eigenvalue weighted by Crippen LogP contribution is -2.09. The van der Waals surface area contributed by atoms with Crippen molar-refractivity contribution in [2.24, 2.45) is 0 Å². The van der Waals surface area contributed by atoms with Gasteiger partial charge in [-0.15, -0.1) is 0 Å². The standard InChI is InChI=1S/C24H24N2O5/c1-5-30-24(27)23-14(2)22-18-10-17(8-9-19(18)26-20(22)12-25-23)31-13-15-6-7-16(28-3)11-21(15)29-4/h6-12,26H,5,13H2,1-4H3. The molecule has 4 rings (SSSR count). The number of methoxy groups -OCH3 is 2. The van der Waals surface area contributed by atoms with Crippen molar-refractivity contribution in [2.45, 2.75) is 20.5 Å². The largest absolute Gasteiger partial charge is 0.497 e. The normalized spacial score (nSPS) is 11.0. The Labute approximate surface area is 179 Å². The Hall–Kier alpha value is -3.74. The molecule has 0 aliphatic carbocycles. The van der Waals surface area contributed by atoms with Gasteiger partial charge < -0.3 is 23.9 Å². The number of carbonyl (C=O) groups excluding carboxylic acids is 1. The Morgan fingerprint density at radius 3 is 2.58 bits per heavy atom. The van der Waals surface area contributed by atoms with E-state index in [4.69, 9.17) is 18.9 Å². The molecular formula is C24H24N2O5. The molecule has 31 heavy (non-hydrogen) atoms. The molecule has 7 heteroatoms. The molecule has 160 valence electrons. The van der Waals surface area contributed by atoms with Crippen molar-refractivity contribution in [3.8, 4) is 17.2 Å². The van der Waals surface area contributed by atoms with E-state index in [1.54, 1.807) is 27.3 Å². The van der Waals surface area contributed by atoms with Crippen LogP contribution < -0.4 is 14.2 Å². The topological polar surface area (TPSA) is 82.7 Å². The van der Waals surface area contributed by atoms with Gasteiger partial charge in [-0.2, -0.15) is 0 Å². The van der Waals surface area contributed by atoms with Crippen molar-refractivity contribution >= 4 is 27.8 Å². The summed E-state index contributed by atoms with van der Waals surface area (Å²) >= 11 is 0. The van der Waals surface area contributed by atoms with E-state index in [0.29, 0.717) is 30.4 Å². The number of rotatable bonds is 7. The number of pyridine rings is 1. The minimum Gasteiger partial charge on any atom is -0.497 e. The second-order valence-corrected chi connectivity index (χ2v) is 7.04. The number of hydrogen-bond acceptors (Lipinski definition) is 6.